The molecule has 0 bridgehead atoms. The second kappa shape index (κ2) is 6.58. The van der Waals surface area contributed by atoms with Crippen LogP contribution in [0.5, 0.6) is 5.75 Å². The quantitative estimate of drug-likeness (QED) is 0.761. The molecule has 5 nitrogen and oxygen atoms in total. The van der Waals surface area contributed by atoms with E-state index in [1.54, 1.807) is 18.2 Å². The number of benzene rings is 1. The maximum Gasteiger partial charge on any atom is 0.326 e. The molecule has 20 heavy (non-hydrogen) atoms. The van der Waals surface area contributed by atoms with E-state index >= 15 is 0 Å². The second-order valence-electron chi connectivity index (χ2n) is 4.58. The highest BCUT2D eigenvalue weighted by atomic mass is 79.9. The zero-order valence-corrected chi connectivity index (χ0v) is 13.6. The highest BCUT2D eigenvalue weighted by Gasteiger charge is 2.37. The molecule has 2 rings (SSSR count). The molecule has 0 saturated heterocycles. The minimum absolute atomic E-state index is 0.0517. The number of nitrogens with one attached hydrogen (secondary N) is 1. The van der Waals surface area contributed by atoms with Crippen molar-refractivity contribution in [2.75, 3.05) is 6.61 Å². The minimum atomic E-state index is -0.995. The number of carbonyl (C=O) groups excluding carboxylic acids is 1. The number of ether oxygens (including phenoxy) is 1. The smallest absolute Gasteiger partial charge is 0.326 e. The van der Waals surface area contributed by atoms with Crippen LogP contribution in [-0.2, 0) is 9.59 Å². The van der Waals surface area contributed by atoms with E-state index in [1.165, 1.54) is 0 Å². The van der Waals surface area contributed by atoms with Gasteiger partial charge in [-0.25, -0.2) is 4.79 Å². The zero-order chi connectivity index (χ0) is 14.7. The van der Waals surface area contributed by atoms with Crippen molar-refractivity contribution >= 4 is 43.7 Å². The largest absolute Gasteiger partial charge is 0.483 e. The Balaban J connectivity index is 1.86. The Bertz CT molecular complexity index is 531. The molecular formula is C13H13Br2NO4. The van der Waals surface area contributed by atoms with E-state index < -0.39 is 17.9 Å². The Hall–Kier alpha value is -1.08. The molecule has 1 saturated carbocycles. The molecule has 1 aromatic carbocycles. The summed E-state index contributed by atoms with van der Waals surface area (Å²) in [6.07, 6.45) is 1.69. The van der Waals surface area contributed by atoms with Gasteiger partial charge in [0.1, 0.15) is 11.8 Å². The highest BCUT2D eigenvalue weighted by molar-refractivity contribution is 9.11. The van der Waals surface area contributed by atoms with Gasteiger partial charge in [-0.1, -0.05) is 15.9 Å². The summed E-state index contributed by atoms with van der Waals surface area (Å²) >= 11 is 6.64. The summed E-state index contributed by atoms with van der Waals surface area (Å²) < 4.78 is 6.97. The number of hydrogen-bond donors (Lipinski definition) is 2. The molecule has 1 atom stereocenters. The summed E-state index contributed by atoms with van der Waals surface area (Å²) in [5.74, 6) is -0.845. The monoisotopic (exact) mass is 405 g/mol. The molecule has 0 heterocycles. The van der Waals surface area contributed by atoms with Crippen LogP contribution in [0.15, 0.2) is 27.1 Å². The Morgan fingerprint density at radius 2 is 2.10 bits per heavy atom. The molecule has 0 aromatic heterocycles. The van der Waals surface area contributed by atoms with Gasteiger partial charge in [0.05, 0.1) is 4.47 Å². The van der Waals surface area contributed by atoms with Gasteiger partial charge in [0.15, 0.2) is 6.61 Å². The molecule has 1 amide bonds. The van der Waals surface area contributed by atoms with E-state index in [4.69, 9.17) is 9.84 Å². The third-order valence-electron chi connectivity index (χ3n) is 2.93. The van der Waals surface area contributed by atoms with Crippen LogP contribution in [0.1, 0.15) is 12.8 Å². The number of aliphatic carboxylic acids is 1. The lowest BCUT2D eigenvalue weighted by Crippen LogP contribution is -2.44. The first-order valence-electron chi connectivity index (χ1n) is 6.07. The summed E-state index contributed by atoms with van der Waals surface area (Å²) in [6.45, 7) is -0.212. The third-order valence-corrected chi connectivity index (χ3v) is 4.04. The van der Waals surface area contributed by atoms with Crippen molar-refractivity contribution in [2.45, 2.75) is 18.9 Å². The summed E-state index contributed by atoms with van der Waals surface area (Å²) in [5.41, 5.74) is 0. The Morgan fingerprint density at radius 3 is 2.65 bits per heavy atom. The lowest BCUT2D eigenvalue weighted by molar-refractivity contribution is -0.142. The van der Waals surface area contributed by atoms with Crippen molar-refractivity contribution in [3.8, 4) is 5.75 Å². The molecule has 0 aliphatic heterocycles. The molecule has 1 fully saturated rings. The van der Waals surface area contributed by atoms with Crippen LogP contribution in [-0.4, -0.2) is 29.6 Å². The van der Waals surface area contributed by atoms with E-state index in [-0.39, 0.29) is 12.5 Å². The van der Waals surface area contributed by atoms with Crippen LogP contribution in [0, 0.1) is 5.92 Å². The van der Waals surface area contributed by atoms with E-state index in [2.05, 4.69) is 37.2 Å². The average molecular weight is 407 g/mol. The van der Waals surface area contributed by atoms with Crippen molar-refractivity contribution in [3.05, 3.63) is 27.1 Å². The minimum Gasteiger partial charge on any atom is -0.483 e. The lowest BCUT2D eigenvalue weighted by atomic mass is 10.2. The number of carboxylic acids is 1. The molecule has 0 radical (unpaired) electrons. The molecule has 0 spiro atoms. The van der Waals surface area contributed by atoms with Crippen LogP contribution in [0.4, 0.5) is 0 Å². The molecular weight excluding hydrogens is 394 g/mol. The Kier molecular flexibility index (Phi) is 5.04. The zero-order valence-electron chi connectivity index (χ0n) is 10.4. The summed E-state index contributed by atoms with van der Waals surface area (Å²) in [7, 11) is 0. The van der Waals surface area contributed by atoms with Crippen molar-refractivity contribution in [2.24, 2.45) is 5.92 Å². The lowest BCUT2D eigenvalue weighted by Gasteiger charge is -2.14. The van der Waals surface area contributed by atoms with E-state index in [1.807, 2.05) is 0 Å². The van der Waals surface area contributed by atoms with E-state index in [0.29, 0.717) is 5.75 Å². The summed E-state index contributed by atoms with van der Waals surface area (Å²) in [6, 6.07) is 4.51. The maximum absolute atomic E-state index is 11.7. The van der Waals surface area contributed by atoms with Gasteiger partial charge in [0, 0.05) is 4.47 Å². The number of hydrogen-bond acceptors (Lipinski definition) is 3. The van der Waals surface area contributed by atoms with Gasteiger partial charge in [-0.05, 0) is 52.9 Å². The fourth-order valence-electron chi connectivity index (χ4n) is 1.76. The van der Waals surface area contributed by atoms with Crippen molar-refractivity contribution < 1.29 is 19.4 Å². The normalized spacial score (nSPS) is 15.5. The molecule has 1 unspecified atom stereocenters. The van der Waals surface area contributed by atoms with E-state index in [0.717, 1.165) is 21.8 Å². The van der Waals surface area contributed by atoms with Gasteiger partial charge in [-0.15, -0.1) is 0 Å². The topological polar surface area (TPSA) is 75.6 Å². The molecule has 1 aliphatic carbocycles. The SMILES string of the molecule is O=C(COc1ccc(Br)cc1Br)NC(C(=O)O)C1CC1. The van der Waals surface area contributed by atoms with Crippen LogP contribution >= 0.6 is 31.9 Å². The predicted molar refractivity (Wildman–Crippen MR) is 79.6 cm³/mol. The van der Waals surface area contributed by atoms with E-state index in [9.17, 15) is 9.59 Å². The van der Waals surface area contributed by atoms with Gasteiger partial charge in [0.25, 0.3) is 5.91 Å². The van der Waals surface area contributed by atoms with Gasteiger partial charge in [-0.3, -0.25) is 4.79 Å². The maximum atomic E-state index is 11.7. The first kappa shape index (κ1) is 15.3. The van der Waals surface area contributed by atoms with Crippen LogP contribution < -0.4 is 10.1 Å². The number of carbonyl (C=O) groups is 2. The molecule has 108 valence electrons. The Labute approximate surface area is 132 Å². The van der Waals surface area contributed by atoms with Crippen LogP contribution in [0.2, 0.25) is 0 Å². The first-order valence-corrected chi connectivity index (χ1v) is 7.66. The third kappa shape index (κ3) is 4.21. The predicted octanol–water partition coefficient (Wildman–Crippen LogP) is 2.57. The Morgan fingerprint density at radius 1 is 1.40 bits per heavy atom. The summed E-state index contributed by atoms with van der Waals surface area (Å²) in [4.78, 5) is 22.7. The average Bonchev–Trinajstić information content (AvgIpc) is 3.18. The van der Waals surface area contributed by atoms with Gasteiger partial charge < -0.3 is 15.2 Å². The number of rotatable bonds is 6. The first-order chi connectivity index (χ1) is 9.47. The fourth-order valence-corrected chi connectivity index (χ4v) is 2.92. The fraction of sp³-hybridized carbons (Fsp3) is 0.385. The molecule has 2 N–H and O–H groups in total. The van der Waals surface area contributed by atoms with Crippen molar-refractivity contribution in [1.29, 1.82) is 0 Å². The van der Waals surface area contributed by atoms with Gasteiger partial charge in [-0.2, -0.15) is 0 Å². The van der Waals surface area contributed by atoms with Gasteiger partial charge >= 0.3 is 5.97 Å². The van der Waals surface area contributed by atoms with Crippen LogP contribution in [0.3, 0.4) is 0 Å². The van der Waals surface area contributed by atoms with Crippen molar-refractivity contribution in [1.82, 2.24) is 5.32 Å². The number of halogens is 2. The van der Waals surface area contributed by atoms with Gasteiger partial charge in [0.2, 0.25) is 0 Å². The molecule has 1 aliphatic rings. The second-order valence-corrected chi connectivity index (χ2v) is 6.35. The summed E-state index contributed by atoms with van der Waals surface area (Å²) in [5, 5.41) is 11.5. The standard InChI is InChI=1S/C13H13Br2NO4/c14-8-3-4-10(9(15)5-8)20-6-11(17)16-12(13(18)19)7-1-2-7/h3-5,7,12H,1-2,6H2,(H,16,17)(H,18,19). The molecule has 7 heteroatoms. The highest BCUT2D eigenvalue weighted by Crippen LogP contribution is 2.32. The number of carboxylic acid groups (broad SMARTS) is 1. The number of amides is 1. The van der Waals surface area contributed by atoms with Crippen molar-refractivity contribution in [3.63, 3.8) is 0 Å². The molecule has 1 aromatic rings. The van der Waals surface area contributed by atoms with Crippen LogP contribution in [0.25, 0.3) is 0 Å².